The van der Waals surface area contributed by atoms with Gasteiger partial charge in [0.05, 0.1) is 17.0 Å². The summed E-state index contributed by atoms with van der Waals surface area (Å²) < 4.78 is 29.5. The van der Waals surface area contributed by atoms with Gasteiger partial charge in [-0.2, -0.15) is 9.40 Å². The number of benzene rings is 1. The number of amides is 1. The fourth-order valence-electron chi connectivity index (χ4n) is 4.02. The number of sulfonamides is 1. The lowest BCUT2D eigenvalue weighted by molar-refractivity contribution is -0.130. The van der Waals surface area contributed by atoms with E-state index in [4.69, 9.17) is 0 Å². The van der Waals surface area contributed by atoms with Gasteiger partial charge in [-0.1, -0.05) is 31.5 Å². The number of hydrogen-bond acceptors (Lipinski definition) is 4. The number of rotatable bonds is 6. The summed E-state index contributed by atoms with van der Waals surface area (Å²) in [7, 11) is -3.55. The Morgan fingerprint density at radius 3 is 2.35 bits per heavy atom. The normalized spacial score (nSPS) is 16.0. The highest BCUT2D eigenvalue weighted by Crippen LogP contribution is 2.20. The molecule has 0 atom stereocenters. The van der Waals surface area contributed by atoms with E-state index in [0.717, 1.165) is 29.1 Å². The first kappa shape index (κ1) is 23.5. The second-order valence-electron chi connectivity index (χ2n) is 8.85. The SMILES string of the molecule is Cc1ccc(S(=O)(=O)N2CCCN(C(=O)Cc3c(C)nn(CC(C)C)c3C)CC2)cc1. The monoisotopic (exact) mass is 446 g/mol. The third kappa shape index (κ3) is 5.36. The molecule has 0 radical (unpaired) electrons. The van der Waals surface area contributed by atoms with Gasteiger partial charge in [-0.05, 0) is 45.2 Å². The summed E-state index contributed by atoms with van der Waals surface area (Å²) in [5.74, 6) is 0.513. The molecule has 0 spiro atoms. The van der Waals surface area contributed by atoms with E-state index in [1.54, 1.807) is 17.0 Å². The molecular weight excluding hydrogens is 412 g/mol. The van der Waals surface area contributed by atoms with Gasteiger partial charge in [0.15, 0.2) is 0 Å². The van der Waals surface area contributed by atoms with Gasteiger partial charge in [-0.15, -0.1) is 0 Å². The lowest BCUT2D eigenvalue weighted by Crippen LogP contribution is -2.38. The Morgan fingerprint density at radius 1 is 1.03 bits per heavy atom. The topological polar surface area (TPSA) is 75.5 Å². The lowest BCUT2D eigenvalue weighted by atomic mass is 10.1. The van der Waals surface area contributed by atoms with Crippen molar-refractivity contribution in [2.24, 2.45) is 5.92 Å². The summed E-state index contributed by atoms with van der Waals surface area (Å²) in [6.45, 7) is 12.7. The Bertz CT molecular complexity index is 1030. The molecule has 2 aromatic rings. The van der Waals surface area contributed by atoms with Gasteiger partial charge in [-0.3, -0.25) is 9.48 Å². The van der Waals surface area contributed by atoms with Crippen molar-refractivity contribution in [3.05, 3.63) is 46.8 Å². The molecule has 3 rings (SSSR count). The van der Waals surface area contributed by atoms with Gasteiger partial charge < -0.3 is 4.90 Å². The van der Waals surface area contributed by atoms with Crippen LogP contribution in [-0.2, 0) is 27.8 Å². The Kier molecular flexibility index (Phi) is 7.21. The number of carbonyl (C=O) groups excluding carboxylic acids is 1. The summed E-state index contributed by atoms with van der Waals surface area (Å²) >= 11 is 0. The average molecular weight is 447 g/mol. The lowest BCUT2D eigenvalue weighted by Gasteiger charge is -2.22. The number of aromatic nitrogens is 2. The molecule has 0 N–H and O–H groups in total. The molecule has 1 aliphatic rings. The number of carbonyl (C=O) groups is 1. The number of aryl methyl sites for hydroxylation is 2. The maximum atomic E-state index is 13.0. The minimum atomic E-state index is -3.55. The second-order valence-corrected chi connectivity index (χ2v) is 10.8. The van der Waals surface area contributed by atoms with E-state index in [2.05, 4.69) is 18.9 Å². The van der Waals surface area contributed by atoms with Crippen LogP contribution in [0.2, 0.25) is 0 Å². The van der Waals surface area contributed by atoms with Crippen molar-refractivity contribution >= 4 is 15.9 Å². The zero-order chi connectivity index (χ0) is 22.8. The summed E-state index contributed by atoms with van der Waals surface area (Å²) in [4.78, 5) is 15.1. The van der Waals surface area contributed by atoms with Crippen LogP contribution in [-0.4, -0.2) is 59.5 Å². The first-order valence-electron chi connectivity index (χ1n) is 11.0. The molecule has 8 heteroatoms. The van der Waals surface area contributed by atoms with E-state index < -0.39 is 10.0 Å². The number of hydrogen-bond donors (Lipinski definition) is 0. The molecular formula is C23H34N4O3S. The Balaban J connectivity index is 1.68. The highest BCUT2D eigenvalue weighted by atomic mass is 32.2. The van der Waals surface area contributed by atoms with Gasteiger partial charge >= 0.3 is 0 Å². The van der Waals surface area contributed by atoms with Crippen LogP contribution < -0.4 is 0 Å². The van der Waals surface area contributed by atoms with Gasteiger partial charge in [0.25, 0.3) is 0 Å². The molecule has 1 aromatic carbocycles. The zero-order valence-electron chi connectivity index (χ0n) is 19.3. The molecule has 31 heavy (non-hydrogen) atoms. The fraction of sp³-hybridized carbons (Fsp3) is 0.565. The van der Waals surface area contributed by atoms with Crippen LogP contribution >= 0.6 is 0 Å². The van der Waals surface area contributed by atoms with Crippen LogP contribution in [0, 0.1) is 26.7 Å². The molecule has 2 heterocycles. The van der Waals surface area contributed by atoms with Crippen molar-refractivity contribution in [3.8, 4) is 0 Å². The molecule has 1 aliphatic heterocycles. The predicted octanol–water partition coefficient (Wildman–Crippen LogP) is 2.93. The van der Waals surface area contributed by atoms with Crippen LogP contribution in [0.4, 0.5) is 0 Å². The maximum absolute atomic E-state index is 13.0. The molecule has 1 amide bonds. The molecule has 0 bridgehead atoms. The minimum absolute atomic E-state index is 0.0323. The summed E-state index contributed by atoms with van der Waals surface area (Å²) in [5.41, 5.74) is 3.94. The van der Waals surface area contributed by atoms with Gasteiger partial charge in [0, 0.05) is 44.0 Å². The van der Waals surface area contributed by atoms with Crippen LogP contribution in [0.1, 0.15) is 42.8 Å². The van der Waals surface area contributed by atoms with Crippen molar-refractivity contribution in [1.82, 2.24) is 19.0 Å². The molecule has 1 aromatic heterocycles. The van der Waals surface area contributed by atoms with Crippen LogP contribution in [0.25, 0.3) is 0 Å². The van der Waals surface area contributed by atoms with E-state index in [0.29, 0.717) is 49.8 Å². The third-order valence-electron chi connectivity index (χ3n) is 5.86. The van der Waals surface area contributed by atoms with Crippen LogP contribution in [0.5, 0.6) is 0 Å². The molecule has 1 saturated heterocycles. The average Bonchev–Trinajstić information content (AvgIpc) is 2.90. The van der Waals surface area contributed by atoms with Crippen LogP contribution in [0.15, 0.2) is 29.2 Å². The third-order valence-corrected chi connectivity index (χ3v) is 7.78. The standard InChI is InChI=1S/C23H34N4O3S/c1-17(2)16-27-20(5)22(19(4)24-27)15-23(28)25-11-6-12-26(14-13-25)31(29,30)21-9-7-18(3)8-10-21/h7-10,17H,6,11-16H2,1-5H3. The highest BCUT2D eigenvalue weighted by molar-refractivity contribution is 7.89. The smallest absolute Gasteiger partial charge is 0.243 e. The van der Waals surface area contributed by atoms with Crippen molar-refractivity contribution in [1.29, 1.82) is 0 Å². The molecule has 1 fully saturated rings. The Labute approximate surface area is 186 Å². The van der Waals surface area contributed by atoms with Gasteiger partial charge in [0.2, 0.25) is 15.9 Å². The van der Waals surface area contributed by atoms with E-state index >= 15 is 0 Å². The van der Waals surface area contributed by atoms with Gasteiger partial charge in [0.1, 0.15) is 0 Å². The van der Waals surface area contributed by atoms with Crippen molar-refractivity contribution in [2.45, 2.75) is 58.9 Å². The quantitative estimate of drug-likeness (QED) is 0.684. The number of nitrogens with zero attached hydrogens (tertiary/aromatic N) is 4. The molecule has 0 unspecified atom stereocenters. The summed E-state index contributed by atoms with van der Waals surface area (Å²) in [6, 6.07) is 6.92. The van der Waals surface area contributed by atoms with Crippen molar-refractivity contribution < 1.29 is 13.2 Å². The zero-order valence-corrected chi connectivity index (χ0v) is 20.1. The Morgan fingerprint density at radius 2 is 1.71 bits per heavy atom. The first-order chi connectivity index (χ1) is 14.6. The molecule has 7 nitrogen and oxygen atoms in total. The van der Waals surface area contributed by atoms with Crippen molar-refractivity contribution in [2.75, 3.05) is 26.2 Å². The first-order valence-corrected chi connectivity index (χ1v) is 12.4. The second kappa shape index (κ2) is 9.53. The van der Waals surface area contributed by atoms with E-state index in [9.17, 15) is 13.2 Å². The summed E-state index contributed by atoms with van der Waals surface area (Å²) in [5, 5.41) is 4.61. The molecule has 0 aliphatic carbocycles. The Hall–Kier alpha value is -2.19. The minimum Gasteiger partial charge on any atom is -0.341 e. The molecule has 0 saturated carbocycles. The molecule has 170 valence electrons. The highest BCUT2D eigenvalue weighted by Gasteiger charge is 2.28. The van der Waals surface area contributed by atoms with Crippen LogP contribution in [0.3, 0.4) is 0 Å². The fourth-order valence-corrected chi connectivity index (χ4v) is 5.49. The predicted molar refractivity (Wildman–Crippen MR) is 121 cm³/mol. The maximum Gasteiger partial charge on any atom is 0.243 e. The van der Waals surface area contributed by atoms with E-state index in [1.807, 2.05) is 37.6 Å². The summed E-state index contributed by atoms with van der Waals surface area (Å²) in [6.07, 6.45) is 0.932. The van der Waals surface area contributed by atoms with E-state index in [1.165, 1.54) is 4.31 Å². The van der Waals surface area contributed by atoms with Gasteiger partial charge in [-0.25, -0.2) is 8.42 Å². The largest absolute Gasteiger partial charge is 0.341 e. The van der Waals surface area contributed by atoms with Crippen molar-refractivity contribution in [3.63, 3.8) is 0 Å². The van der Waals surface area contributed by atoms with E-state index in [-0.39, 0.29) is 5.91 Å².